The lowest BCUT2D eigenvalue weighted by Gasteiger charge is -2.25. The average Bonchev–Trinajstić information content (AvgIpc) is 3.42. The van der Waals surface area contributed by atoms with Crippen molar-refractivity contribution in [2.45, 2.75) is 44.7 Å². The Morgan fingerprint density at radius 3 is 2.69 bits per heavy atom. The van der Waals surface area contributed by atoms with Gasteiger partial charge in [0, 0.05) is 44.5 Å². The van der Waals surface area contributed by atoms with Gasteiger partial charge >= 0.3 is 5.69 Å². The number of nitrogens with two attached hydrogens (primary N) is 2. The molecule has 2 atom stereocenters. The van der Waals surface area contributed by atoms with E-state index in [1.165, 1.54) is 6.07 Å². The van der Waals surface area contributed by atoms with Gasteiger partial charge in [0.1, 0.15) is 5.82 Å². The van der Waals surface area contributed by atoms with E-state index in [0.29, 0.717) is 41.1 Å². The van der Waals surface area contributed by atoms with E-state index in [2.05, 4.69) is 0 Å². The second-order valence-electron chi connectivity index (χ2n) is 8.23. The number of benzene rings is 1. The lowest BCUT2D eigenvalue weighted by molar-refractivity contribution is 0.180. The van der Waals surface area contributed by atoms with Crippen LogP contribution in [-0.4, -0.2) is 42.1 Å². The van der Waals surface area contributed by atoms with Gasteiger partial charge in [-0.15, -0.1) is 0 Å². The maximum Gasteiger partial charge on any atom is 0.350 e. The van der Waals surface area contributed by atoms with Crippen LogP contribution < -0.4 is 27.7 Å². The number of aromatic nitrogens is 2. The molecule has 1 aromatic carbocycles. The third-order valence-electron chi connectivity index (χ3n) is 6.28. The van der Waals surface area contributed by atoms with Crippen LogP contribution in [0, 0.1) is 18.7 Å². The number of ether oxygens (including phenoxy) is 1. The molecule has 9 heteroatoms. The Bertz CT molecular complexity index is 1060. The van der Waals surface area contributed by atoms with Crippen molar-refractivity contribution in [2.75, 3.05) is 37.5 Å². The van der Waals surface area contributed by atoms with Gasteiger partial charge in [0.2, 0.25) is 0 Å². The summed E-state index contributed by atoms with van der Waals surface area (Å²) >= 11 is 0. The zero-order valence-corrected chi connectivity index (χ0v) is 16.9. The van der Waals surface area contributed by atoms with Crippen molar-refractivity contribution in [3.05, 3.63) is 38.3 Å². The van der Waals surface area contributed by atoms with Crippen LogP contribution in [0.2, 0.25) is 0 Å². The van der Waals surface area contributed by atoms with Crippen LogP contribution in [-0.2, 0) is 4.74 Å². The number of halogens is 1. The van der Waals surface area contributed by atoms with E-state index in [0.717, 1.165) is 25.7 Å². The molecule has 4 rings (SSSR count). The number of anilines is 1. The zero-order valence-electron chi connectivity index (χ0n) is 16.9. The number of nitrogen functional groups attached to an aromatic ring is 1. The lowest BCUT2D eigenvalue weighted by Crippen LogP contribution is -2.44. The van der Waals surface area contributed by atoms with Crippen LogP contribution in [0.4, 0.5) is 10.1 Å². The molecule has 2 aliphatic rings. The molecule has 29 heavy (non-hydrogen) atoms. The third kappa shape index (κ3) is 3.32. The molecule has 1 aliphatic carbocycles. The Morgan fingerprint density at radius 2 is 2.03 bits per heavy atom. The molecule has 0 amide bonds. The maximum absolute atomic E-state index is 15.2. The molecule has 0 radical (unpaired) electrons. The Kier molecular flexibility index (Phi) is 5.12. The van der Waals surface area contributed by atoms with Crippen molar-refractivity contribution in [3.63, 3.8) is 0 Å². The van der Waals surface area contributed by atoms with Crippen molar-refractivity contribution < 1.29 is 9.13 Å². The zero-order chi connectivity index (χ0) is 20.9. The first-order valence-electron chi connectivity index (χ1n) is 10.1. The smallest absolute Gasteiger partial charge is 0.350 e. The van der Waals surface area contributed by atoms with Crippen molar-refractivity contribution >= 4 is 16.6 Å². The van der Waals surface area contributed by atoms with Gasteiger partial charge < -0.3 is 21.2 Å². The topological polar surface area (TPSA) is 109 Å². The highest BCUT2D eigenvalue weighted by atomic mass is 19.1. The van der Waals surface area contributed by atoms with Crippen molar-refractivity contribution in [1.82, 2.24) is 9.24 Å². The molecular weight excluding hydrogens is 377 g/mol. The number of hydrogen-bond acceptors (Lipinski definition) is 6. The number of methoxy groups -OCH3 is 1. The largest absolute Gasteiger partial charge is 0.385 e. The summed E-state index contributed by atoms with van der Waals surface area (Å²) < 4.78 is 22.4. The van der Waals surface area contributed by atoms with Crippen LogP contribution in [0.5, 0.6) is 0 Å². The maximum atomic E-state index is 15.2. The SMILES string of the molecule is COCC[C@@H](N)C1CCN(c2c(F)cc3c(=O)n(N)c(=O)n(C4CC4)c3c2C)C1. The van der Waals surface area contributed by atoms with E-state index in [9.17, 15) is 9.59 Å². The van der Waals surface area contributed by atoms with Crippen molar-refractivity contribution in [1.29, 1.82) is 0 Å². The minimum Gasteiger partial charge on any atom is -0.385 e. The van der Waals surface area contributed by atoms with Crippen LogP contribution in [0.3, 0.4) is 0 Å². The summed E-state index contributed by atoms with van der Waals surface area (Å²) in [5.41, 5.74) is 6.62. The first-order valence-corrected chi connectivity index (χ1v) is 10.1. The fourth-order valence-corrected chi connectivity index (χ4v) is 4.55. The van der Waals surface area contributed by atoms with Crippen LogP contribution in [0.25, 0.3) is 10.9 Å². The van der Waals surface area contributed by atoms with E-state index < -0.39 is 17.1 Å². The number of nitrogens with zero attached hydrogens (tertiary/aromatic N) is 3. The van der Waals surface area contributed by atoms with Crippen molar-refractivity contribution in [2.24, 2.45) is 11.7 Å². The Morgan fingerprint density at radius 1 is 1.31 bits per heavy atom. The van der Waals surface area contributed by atoms with Crippen LogP contribution in [0.1, 0.15) is 37.3 Å². The van der Waals surface area contributed by atoms with Gasteiger partial charge in [-0.1, -0.05) is 0 Å². The summed E-state index contributed by atoms with van der Waals surface area (Å²) in [6.45, 7) is 3.68. The standard InChI is InChI=1S/C20H28FN5O3/c1-11-17-14(19(27)26(23)20(28)25(17)13-3-4-13)9-15(21)18(11)24-7-5-12(10-24)16(22)6-8-29-2/h9,12-13,16H,3-8,10,22-23H2,1-2H3/t12?,16-/m1/s1. The number of aryl methyl sites for hydroxylation is 1. The molecule has 4 N–H and O–H groups in total. The predicted octanol–water partition coefficient (Wildman–Crippen LogP) is 0.850. The monoisotopic (exact) mass is 405 g/mol. The Hall–Kier alpha value is -2.39. The lowest BCUT2D eigenvalue weighted by atomic mass is 9.97. The average molecular weight is 405 g/mol. The van der Waals surface area contributed by atoms with E-state index in [1.807, 2.05) is 4.90 Å². The second-order valence-corrected chi connectivity index (χ2v) is 8.23. The first kappa shape index (κ1) is 19.9. The molecule has 1 saturated heterocycles. The molecule has 1 aliphatic heterocycles. The molecule has 1 saturated carbocycles. The molecule has 0 spiro atoms. The molecule has 0 bridgehead atoms. The molecule has 158 valence electrons. The summed E-state index contributed by atoms with van der Waals surface area (Å²) in [4.78, 5) is 27.2. The molecule has 8 nitrogen and oxygen atoms in total. The van der Waals surface area contributed by atoms with E-state index >= 15 is 4.39 Å². The summed E-state index contributed by atoms with van der Waals surface area (Å²) in [5.74, 6) is 5.45. The second kappa shape index (κ2) is 7.46. The predicted molar refractivity (Wildman–Crippen MR) is 110 cm³/mol. The van der Waals surface area contributed by atoms with Gasteiger partial charge in [-0.05, 0) is 44.6 Å². The normalized spacial score (nSPS) is 20.6. The van der Waals surface area contributed by atoms with Crippen molar-refractivity contribution in [3.8, 4) is 0 Å². The van der Waals surface area contributed by atoms with E-state index in [1.54, 1.807) is 18.6 Å². The quantitative estimate of drug-likeness (QED) is 0.690. The van der Waals surface area contributed by atoms with Gasteiger partial charge in [-0.2, -0.15) is 4.68 Å². The van der Waals surface area contributed by atoms with Gasteiger partial charge in [0.25, 0.3) is 5.56 Å². The minimum absolute atomic E-state index is 0.00574. The fraction of sp³-hybridized carbons (Fsp3) is 0.600. The molecule has 1 aromatic heterocycles. The molecule has 2 aromatic rings. The number of fused-ring (bicyclic) bond motifs is 1. The third-order valence-corrected chi connectivity index (χ3v) is 6.28. The van der Waals surface area contributed by atoms with Crippen LogP contribution >= 0.6 is 0 Å². The summed E-state index contributed by atoms with van der Waals surface area (Å²) in [5, 5.41) is 0.144. The highest BCUT2D eigenvalue weighted by molar-refractivity contribution is 5.87. The highest BCUT2D eigenvalue weighted by Gasteiger charge is 2.33. The molecule has 2 heterocycles. The minimum atomic E-state index is -0.670. The van der Waals surface area contributed by atoms with Gasteiger partial charge in [0.05, 0.1) is 16.6 Å². The number of rotatable bonds is 6. The Labute approximate surface area is 167 Å². The fourth-order valence-electron chi connectivity index (χ4n) is 4.55. The molecule has 2 fully saturated rings. The summed E-state index contributed by atoms with van der Waals surface area (Å²) in [6.07, 6.45) is 3.31. The molecule has 1 unspecified atom stereocenters. The summed E-state index contributed by atoms with van der Waals surface area (Å²) in [7, 11) is 1.65. The molecular formula is C20H28FN5O3. The summed E-state index contributed by atoms with van der Waals surface area (Å²) in [6, 6.07) is 1.21. The highest BCUT2D eigenvalue weighted by Crippen LogP contribution is 2.39. The van der Waals surface area contributed by atoms with Gasteiger partial charge in [-0.25, -0.2) is 9.18 Å². The van der Waals surface area contributed by atoms with Crippen LogP contribution in [0.15, 0.2) is 15.7 Å². The van der Waals surface area contributed by atoms with Gasteiger partial charge in [0.15, 0.2) is 0 Å². The Balaban J connectivity index is 1.79. The number of hydrogen-bond donors (Lipinski definition) is 2. The van der Waals surface area contributed by atoms with E-state index in [4.69, 9.17) is 16.3 Å². The van der Waals surface area contributed by atoms with Gasteiger partial charge in [-0.3, -0.25) is 9.36 Å². The first-order chi connectivity index (χ1) is 13.8. The van der Waals surface area contributed by atoms with E-state index in [-0.39, 0.29) is 23.4 Å².